The zero-order valence-corrected chi connectivity index (χ0v) is 11.4. The van der Waals surface area contributed by atoms with Gasteiger partial charge in [-0.2, -0.15) is 0 Å². The molecule has 0 saturated heterocycles. The van der Waals surface area contributed by atoms with Gasteiger partial charge in [-0.25, -0.2) is 0 Å². The van der Waals surface area contributed by atoms with Crippen molar-refractivity contribution in [2.24, 2.45) is 0 Å². The van der Waals surface area contributed by atoms with Gasteiger partial charge in [-0.15, -0.1) is 0 Å². The zero-order chi connectivity index (χ0) is 12.8. The summed E-state index contributed by atoms with van der Waals surface area (Å²) < 4.78 is 5.50. The van der Waals surface area contributed by atoms with E-state index in [1.807, 2.05) is 6.26 Å². The third kappa shape index (κ3) is 3.14. The van der Waals surface area contributed by atoms with Crippen molar-refractivity contribution < 1.29 is 4.74 Å². The van der Waals surface area contributed by atoms with Crippen LogP contribution in [0.5, 0.6) is 0 Å². The first-order valence-corrected chi connectivity index (χ1v) is 6.92. The van der Waals surface area contributed by atoms with Crippen LogP contribution in [-0.2, 0) is 4.74 Å². The molecule has 1 N–H and O–H groups in total. The molecule has 1 heterocycles. The van der Waals surface area contributed by atoms with E-state index in [2.05, 4.69) is 43.4 Å². The van der Waals surface area contributed by atoms with Crippen LogP contribution < -0.4 is 5.32 Å². The molecule has 1 unspecified atom stereocenters. The largest absolute Gasteiger partial charge is 0.501 e. The molecule has 0 aromatic heterocycles. The Kier molecular flexibility index (Phi) is 4.82. The van der Waals surface area contributed by atoms with Crippen LogP contribution >= 0.6 is 0 Å². The molecule has 2 rings (SSSR count). The smallest absolute Gasteiger partial charge is 0.0876 e. The van der Waals surface area contributed by atoms with Gasteiger partial charge in [0.2, 0.25) is 0 Å². The van der Waals surface area contributed by atoms with E-state index in [1.165, 1.54) is 16.7 Å². The van der Waals surface area contributed by atoms with Gasteiger partial charge in [0.25, 0.3) is 0 Å². The summed E-state index contributed by atoms with van der Waals surface area (Å²) >= 11 is 0. The molecule has 0 amide bonds. The van der Waals surface area contributed by atoms with Gasteiger partial charge in [0.1, 0.15) is 0 Å². The predicted octanol–water partition coefficient (Wildman–Crippen LogP) is 3.73. The molecule has 98 valence electrons. The Morgan fingerprint density at radius 2 is 2.17 bits per heavy atom. The second-order valence-corrected chi connectivity index (χ2v) is 4.91. The number of aryl methyl sites for hydroxylation is 1. The zero-order valence-electron chi connectivity index (χ0n) is 11.4. The molecule has 1 aliphatic rings. The summed E-state index contributed by atoms with van der Waals surface area (Å²) in [6, 6.07) is 8.93. The first kappa shape index (κ1) is 13.2. The monoisotopic (exact) mass is 245 g/mol. The van der Waals surface area contributed by atoms with E-state index >= 15 is 0 Å². The van der Waals surface area contributed by atoms with Crippen molar-refractivity contribution in [2.75, 3.05) is 13.2 Å². The van der Waals surface area contributed by atoms with E-state index in [4.69, 9.17) is 4.74 Å². The lowest BCUT2D eigenvalue weighted by Gasteiger charge is -2.26. The average molecular weight is 245 g/mol. The van der Waals surface area contributed by atoms with E-state index < -0.39 is 0 Å². The van der Waals surface area contributed by atoms with Crippen LogP contribution in [0.15, 0.2) is 36.1 Å². The summed E-state index contributed by atoms with van der Waals surface area (Å²) in [5.41, 5.74) is 4.10. The number of hydrogen-bond acceptors (Lipinski definition) is 2. The fraction of sp³-hybridized carbons (Fsp3) is 0.500. The molecular weight excluding hydrogens is 222 g/mol. The first-order chi connectivity index (χ1) is 8.83. The lowest BCUT2D eigenvalue weighted by molar-refractivity contribution is 0.219. The maximum Gasteiger partial charge on any atom is 0.0876 e. The quantitative estimate of drug-likeness (QED) is 0.853. The van der Waals surface area contributed by atoms with Crippen LogP contribution in [0.2, 0.25) is 0 Å². The Hall–Kier alpha value is -1.28. The molecule has 1 aromatic rings. The summed E-state index contributed by atoms with van der Waals surface area (Å²) in [5, 5.41) is 3.65. The molecule has 0 saturated carbocycles. The number of rotatable bonds is 5. The van der Waals surface area contributed by atoms with E-state index in [9.17, 15) is 0 Å². The Morgan fingerprint density at radius 3 is 2.83 bits per heavy atom. The van der Waals surface area contributed by atoms with Crippen molar-refractivity contribution in [3.05, 3.63) is 47.2 Å². The van der Waals surface area contributed by atoms with Crippen LogP contribution in [-0.4, -0.2) is 13.2 Å². The molecule has 2 nitrogen and oxygen atoms in total. The van der Waals surface area contributed by atoms with Gasteiger partial charge in [-0.3, -0.25) is 0 Å². The molecule has 1 aliphatic heterocycles. The highest BCUT2D eigenvalue weighted by molar-refractivity contribution is 5.34. The number of nitrogens with one attached hydrogen (secondary N) is 1. The second kappa shape index (κ2) is 6.60. The molecule has 0 spiro atoms. The van der Waals surface area contributed by atoms with Gasteiger partial charge in [-0.05, 0) is 49.4 Å². The lowest BCUT2D eigenvalue weighted by Crippen LogP contribution is -2.26. The highest BCUT2D eigenvalue weighted by Crippen LogP contribution is 2.29. The molecule has 18 heavy (non-hydrogen) atoms. The molecule has 0 radical (unpaired) electrons. The molecule has 0 aliphatic carbocycles. The predicted molar refractivity (Wildman–Crippen MR) is 75.5 cm³/mol. The topological polar surface area (TPSA) is 21.3 Å². The van der Waals surface area contributed by atoms with Crippen LogP contribution in [0.1, 0.15) is 43.4 Å². The molecule has 2 heteroatoms. The minimum absolute atomic E-state index is 0.312. The fourth-order valence-corrected chi connectivity index (χ4v) is 2.44. The first-order valence-electron chi connectivity index (χ1n) is 6.92. The van der Waals surface area contributed by atoms with Gasteiger partial charge in [0.05, 0.1) is 18.9 Å². The van der Waals surface area contributed by atoms with Gasteiger partial charge >= 0.3 is 0 Å². The molecule has 1 aromatic carbocycles. The molecule has 0 bridgehead atoms. The van der Waals surface area contributed by atoms with Gasteiger partial charge < -0.3 is 10.1 Å². The van der Waals surface area contributed by atoms with Crippen molar-refractivity contribution >= 4 is 0 Å². The maximum absolute atomic E-state index is 5.50. The van der Waals surface area contributed by atoms with E-state index in [1.54, 1.807) is 0 Å². The van der Waals surface area contributed by atoms with Crippen LogP contribution in [0.4, 0.5) is 0 Å². The van der Waals surface area contributed by atoms with Crippen molar-refractivity contribution in [1.29, 1.82) is 0 Å². The van der Waals surface area contributed by atoms with Gasteiger partial charge in [0, 0.05) is 0 Å². The fourth-order valence-electron chi connectivity index (χ4n) is 2.44. The number of ether oxygens (including phenoxy) is 1. The molecular formula is C16H23NO. The number of benzene rings is 1. The van der Waals surface area contributed by atoms with Gasteiger partial charge in [-0.1, -0.05) is 31.2 Å². The normalized spacial score (nSPS) is 16.9. The van der Waals surface area contributed by atoms with Crippen LogP contribution in [0.3, 0.4) is 0 Å². The third-order valence-electron chi connectivity index (χ3n) is 3.43. The Balaban J connectivity index is 2.24. The summed E-state index contributed by atoms with van der Waals surface area (Å²) in [5.74, 6) is 0. The van der Waals surface area contributed by atoms with Crippen molar-refractivity contribution in [3.63, 3.8) is 0 Å². The standard InChI is InChI=1S/C16H23NO/c1-3-10-17-16(14-8-6-11-18-12-14)15-9-5-4-7-13(15)2/h4-5,7,9,12,16-17H,3,6,8,10-11H2,1-2H3. The van der Waals surface area contributed by atoms with Crippen LogP contribution in [0, 0.1) is 6.92 Å². The SMILES string of the molecule is CCCNC(C1=COCCC1)c1ccccc1C. The summed E-state index contributed by atoms with van der Waals surface area (Å²) in [6.07, 6.45) is 5.37. The van der Waals surface area contributed by atoms with E-state index in [-0.39, 0.29) is 0 Å². The van der Waals surface area contributed by atoms with Crippen molar-refractivity contribution in [3.8, 4) is 0 Å². The Labute approximate surface area is 110 Å². The van der Waals surface area contributed by atoms with E-state index in [0.29, 0.717) is 6.04 Å². The highest BCUT2D eigenvalue weighted by Gasteiger charge is 2.19. The Morgan fingerprint density at radius 1 is 1.33 bits per heavy atom. The maximum atomic E-state index is 5.50. The molecule has 0 fully saturated rings. The minimum atomic E-state index is 0.312. The lowest BCUT2D eigenvalue weighted by atomic mass is 9.92. The van der Waals surface area contributed by atoms with Gasteiger partial charge in [0.15, 0.2) is 0 Å². The second-order valence-electron chi connectivity index (χ2n) is 4.91. The average Bonchev–Trinajstić information content (AvgIpc) is 2.42. The number of hydrogen-bond donors (Lipinski definition) is 1. The third-order valence-corrected chi connectivity index (χ3v) is 3.43. The van der Waals surface area contributed by atoms with E-state index in [0.717, 1.165) is 32.4 Å². The van der Waals surface area contributed by atoms with Crippen molar-refractivity contribution in [1.82, 2.24) is 5.32 Å². The summed E-state index contributed by atoms with van der Waals surface area (Å²) in [4.78, 5) is 0. The molecule has 1 atom stereocenters. The van der Waals surface area contributed by atoms with Crippen LogP contribution in [0.25, 0.3) is 0 Å². The van der Waals surface area contributed by atoms with Crippen molar-refractivity contribution in [2.45, 2.75) is 39.2 Å². The summed E-state index contributed by atoms with van der Waals surface area (Å²) in [7, 11) is 0. The minimum Gasteiger partial charge on any atom is -0.501 e. The highest BCUT2D eigenvalue weighted by atomic mass is 16.5. The Bertz CT molecular complexity index is 411. The summed E-state index contributed by atoms with van der Waals surface area (Å²) in [6.45, 7) is 6.28.